The third-order valence-corrected chi connectivity index (χ3v) is 2.93. The highest BCUT2D eigenvalue weighted by Crippen LogP contribution is 2.18. The van der Waals surface area contributed by atoms with Gasteiger partial charge in [0.15, 0.2) is 0 Å². The van der Waals surface area contributed by atoms with Gasteiger partial charge < -0.3 is 14.7 Å². The Balaban J connectivity index is 2.93. The Morgan fingerprint density at radius 2 is 2.00 bits per heavy atom. The fourth-order valence-electron chi connectivity index (χ4n) is 1.79. The molecule has 0 saturated heterocycles. The first kappa shape index (κ1) is 16.0. The van der Waals surface area contributed by atoms with E-state index in [1.165, 1.54) is 11.0 Å². The van der Waals surface area contributed by atoms with Crippen molar-refractivity contribution in [3.63, 3.8) is 0 Å². The van der Waals surface area contributed by atoms with E-state index >= 15 is 0 Å². The van der Waals surface area contributed by atoms with Crippen molar-refractivity contribution >= 4 is 11.9 Å². The molecule has 0 aliphatic carbocycles. The van der Waals surface area contributed by atoms with Gasteiger partial charge in [-0.25, -0.2) is 0 Å². The van der Waals surface area contributed by atoms with Gasteiger partial charge in [0.1, 0.15) is 12.3 Å². The molecule has 0 fully saturated rings. The summed E-state index contributed by atoms with van der Waals surface area (Å²) in [6.45, 7) is 7.33. The molecule has 1 aromatic carbocycles. The summed E-state index contributed by atoms with van der Waals surface area (Å²) < 4.78 is 4.88. The van der Waals surface area contributed by atoms with Crippen LogP contribution in [-0.4, -0.2) is 41.1 Å². The second-order valence-corrected chi connectivity index (χ2v) is 4.83. The Morgan fingerprint density at radius 3 is 2.50 bits per heavy atom. The summed E-state index contributed by atoms with van der Waals surface area (Å²) in [5, 5.41) is 9.49. The third kappa shape index (κ3) is 3.98. The molecule has 0 aliphatic rings. The molecule has 0 spiro atoms. The summed E-state index contributed by atoms with van der Waals surface area (Å²) in [5.41, 5.74) is 1.06. The predicted molar refractivity (Wildman–Crippen MR) is 75.6 cm³/mol. The Hall–Kier alpha value is -2.04. The second kappa shape index (κ2) is 6.93. The number of ether oxygens (including phenoxy) is 1. The number of esters is 1. The number of amides is 1. The van der Waals surface area contributed by atoms with E-state index in [1.54, 1.807) is 26.0 Å². The summed E-state index contributed by atoms with van der Waals surface area (Å²) in [6.07, 6.45) is 0. The normalized spacial score (nSPS) is 10.4. The largest absolute Gasteiger partial charge is 0.508 e. The van der Waals surface area contributed by atoms with Crippen LogP contribution in [0, 0.1) is 6.92 Å². The summed E-state index contributed by atoms with van der Waals surface area (Å²) in [6, 6.07) is 4.51. The zero-order valence-corrected chi connectivity index (χ0v) is 12.3. The molecule has 0 aliphatic heterocycles. The lowest BCUT2D eigenvalue weighted by molar-refractivity contribution is -0.144. The summed E-state index contributed by atoms with van der Waals surface area (Å²) >= 11 is 0. The van der Waals surface area contributed by atoms with Crippen molar-refractivity contribution < 1.29 is 19.4 Å². The molecular weight excluding hydrogens is 258 g/mol. The van der Waals surface area contributed by atoms with Gasteiger partial charge in [-0.15, -0.1) is 0 Å². The van der Waals surface area contributed by atoms with Crippen molar-refractivity contribution in [2.45, 2.75) is 33.7 Å². The summed E-state index contributed by atoms with van der Waals surface area (Å²) in [7, 11) is 0. The van der Waals surface area contributed by atoms with Crippen molar-refractivity contribution in [2.75, 3.05) is 13.2 Å². The van der Waals surface area contributed by atoms with Crippen LogP contribution in [0.25, 0.3) is 0 Å². The Labute approximate surface area is 119 Å². The molecule has 20 heavy (non-hydrogen) atoms. The summed E-state index contributed by atoms with van der Waals surface area (Å²) in [4.78, 5) is 25.4. The highest BCUT2D eigenvalue weighted by molar-refractivity contribution is 5.96. The third-order valence-electron chi connectivity index (χ3n) is 2.93. The molecule has 110 valence electrons. The number of rotatable bonds is 5. The predicted octanol–water partition coefficient (Wildman–Crippen LogP) is 2.11. The van der Waals surface area contributed by atoms with Crippen molar-refractivity contribution in [3.8, 4) is 5.75 Å². The van der Waals surface area contributed by atoms with Crippen LogP contribution in [0.4, 0.5) is 0 Å². The van der Waals surface area contributed by atoms with E-state index in [0.29, 0.717) is 11.1 Å². The molecule has 0 radical (unpaired) electrons. The van der Waals surface area contributed by atoms with Gasteiger partial charge in [0.2, 0.25) is 0 Å². The van der Waals surface area contributed by atoms with Gasteiger partial charge in [0.05, 0.1) is 6.61 Å². The number of benzene rings is 1. The molecule has 5 heteroatoms. The number of carbonyl (C=O) groups is 2. The SMILES string of the molecule is CCOC(=O)CN(C(=O)c1ccc(O)c(C)c1)C(C)C. The molecule has 0 unspecified atom stereocenters. The maximum Gasteiger partial charge on any atom is 0.325 e. The Kier molecular flexibility index (Phi) is 5.55. The quantitative estimate of drug-likeness (QED) is 0.838. The zero-order valence-electron chi connectivity index (χ0n) is 12.3. The van der Waals surface area contributed by atoms with Gasteiger partial charge in [0, 0.05) is 11.6 Å². The van der Waals surface area contributed by atoms with Crippen LogP contribution in [0.2, 0.25) is 0 Å². The van der Waals surface area contributed by atoms with Crippen LogP contribution < -0.4 is 0 Å². The van der Waals surface area contributed by atoms with Crippen LogP contribution >= 0.6 is 0 Å². The number of phenolic OH excluding ortho intramolecular Hbond substituents is 1. The zero-order chi connectivity index (χ0) is 15.3. The lowest BCUT2D eigenvalue weighted by atomic mass is 10.1. The van der Waals surface area contributed by atoms with Crippen LogP contribution in [0.5, 0.6) is 5.75 Å². The molecule has 1 rings (SSSR count). The molecule has 0 bridgehead atoms. The van der Waals surface area contributed by atoms with Crippen LogP contribution in [-0.2, 0) is 9.53 Å². The standard InChI is InChI=1S/C15H21NO4/c1-5-20-14(18)9-16(10(2)3)15(19)12-6-7-13(17)11(4)8-12/h6-8,10,17H,5,9H2,1-4H3. The van der Waals surface area contributed by atoms with Gasteiger partial charge in [-0.1, -0.05) is 0 Å². The van der Waals surface area contributed by atoms with Crippen molar-refractivity contribution in [2.24, 2.45) is 0 Å². The van der Waals surface area contributed by atoms with Crippen LogP contribution in [0.3, 0.4) is 0 Å². The monoisotopic (exact) mass is 279 g/mol. The number of aryl methyl sites for hydroxylation is 1. The lowest BCUT2D eigenvalue weighted by Gasteiger charge is -2.26. The summed E-state index contributed by atoms with van der Waals surface area (Å²) in [5.74, 6) is -0.538. The topological polar surface area (TPSA) is 66.8 Å². The number of hydrogen-bond acceptors (Lipinski definition) is 4. The highest BCUT2D eigenvalue weighted by atomic mass is 16.5. The van der Waals surface area contributed by atoms with Crippen molar-refractivity contribution in [1.29, 1.82) is 0 Å². The average molecular weight is 279 g/mol. The first-order valence-electron chi connectivity index (χ1n) is 6.63. The van der Waals surface area contributed by atoms with E-state index in [4.69, 9.17) is 4.74 Å². The van der Waals surface area contributed by atoms with E-state index in [9.17, 15) is 14.7 Å². The number of aromatic hydroxyl groups is 1. The molecule has 1 amide bonds. The van der Waals surface area contributed by atoms with Gasteiger partial charge in [0.25, 0.3) is 5.91 Å². The molecule has 1 N–H and O–H groups in total. The molecule has 1 aromatic rings. The minimum absolute atomic E-state index is 0.0791. The van der Waals surface area contributed by atoms with Crippen molar-refractivity contribution in [1.82, 2.24) is 4.90 Å². The fourth-order valence-corrected chi connectivity index (χ4v) is 1.79. The van der Waals surface area contributed by atoms with E-state index in [2.05, 4.69) is 0 Å². The first-order valence-corrected chi connectivity index (χ1v) is 6.63. The van der Waals surface area contributed by atoms with Gasteiger partial charge in [-0.3, -0.25) is 9.59 Å². The van der Waals surface area contributed by atoms with Crippen LogP contribution in [0.1, 0.15) is 36.7 Å². The molecular formula is C15H21NO4. The minimum atomic E-state index is -0.426. The maximum absolute atomic E-state index is 12.4. The second-order valence-electron chi connectivity index (χ2n) is 4.83. The van der Waals surface area contributed by atoms with E-state index in [-0.39, 0.29) is 30.9 Å². The number of phenols is 1. The lowest BCUT2D eigenvalue weighted by Crippen LogP contribution is -2.41. The van der Waals surface area contributed by atoms with Gasteiger partial charge in [-0.05, 0) is 51.5 Å². The van der Waals surface area contributed by atoms with Gasteiger partial charge in [-0.2, -0.15) is 0 Å². The van der Waals surface area contributed by atoms with E-state index in [1.807, 2.05) is 13.8 Å². The molecule has 0 atom stereocenters. The molecule has 0 aromatic heterocycles. The minimum Gasteiger partial charge on any atom is -0.508 e. The Morgan fingerprint density at radius 1 is 1.35 bits per heavy atom. The number of hydrogen-bond donors (Lipinski definition) is 1. The number of nitrogens with zero attached hydrogens (tertiary/aromatic N) is 1. The highest BCUT2D eigenvalue weighted by Gasteiger charge is 2.22. The molecule has 0 heterocycles. The Bertz CT molecular complexity index is 497. The van der Waals surface area contributed by atoms with Gasteiger partial charge >= 0.3 is 5.97 Å². The van der Waals surface area contributed by atoms with E-state index < -0.39 is 5.97 Å². The first-order chi connectivity index (χ1) is 9.36. The fraction of sp³-hybridized carbons (Fsp3) is 0.467. The van der Waals surface area contributed by atoms with Crippen molar-refractivity contribution in [3.05, 3.63) is 29.3 Å². The number of carbonyl (C=O) groups excluding carboxylic acids is 2. The maximum atomic E-state index is 12.4. The molecule has 5 nitrogen and oxygen atoms in total. The average Bonchev–Trinajstić information content (AvgIpc) is 2.38. The smallest absolute Gasteiger partial charge is 0.325 e. The van der Waals surface area contributed by atoms with Crippen LogP contribution in [0.15, 0.2) is 18.2 Å². The molecule has 0 saturated carbocycles. The van der Waals surface area contributed by atoms with E-state index in [0.717, 1.165) is 0 Å².